The Morgan fingerprint density at radius 3 is 2.92 bits per heavy atom. The van der Waals surface area contributed by atoms with E-state index in [-0.39, 0.29) is 6.03 Å². The van der Waals surface area contributed by atoms with Crippen molar-refractivity contribution < 1.29 is 14.3 Å². The third-order valence-corrected chi connectivity index (χ3v) is 4.65. The van der Waals surface area contributed by atoms with Gasteiger partial charge in [0, 0.05) is 25.3 Å². The van der Waals surface area contributed by atoms with E-state index in [2.05, 4.69) is 10.6 Å². The summed E-state index contributed by atoms with van der Waals surface area (Å²) in [5.74, 6) is 1.44. The molecule has 5 heteroatoms. The van der Waals surface area contributed by atoms with Crippen molar-refractivity contribution in [2.45, 2.75) is 19.3 Å². The number of amides is 2. The summed E-state index contributed by atoms with van der Waals surface area (Å²) in [4.78, 5) is 12.2. The molecule has 0 aliphatic carbocycles. The summed E-state index contributed by atoms with van der Waals surface area (Å²) in [6.07, 6.45) is 3.21. The van der Waals surface area contributed by atoms with Crippen LogP contribution in [0.5, 0.6) is 5.75 Å². The van der Waals surface area contributed by atoms with Crippen LogP contribution < -0.4 is 15.4 Å². The monoisotopic (exact) mass is 354 g/mol. The fourth-order valence-corrected chi connectivity index (χ4v) is 3.20. The lowest BCUT2D eigenvalue weighted by molar-refractivity contribution is 0.184. The Bertz CT molecular complexity index is 727. The van der Waals surface area contributed by atoms with E-state index in [4.69, 9.17) is 9.47 Å². The first kappa shape index (κ1) is 18.3. The smallest absolute Gasteiger partial charge is 0.319 e. The van der Waals surface area contributed by atoms with Crippen molar-refractivity contribution in [3.05, 3.63) is 48.5 Å². The molecule has 1 heterocycles. The number of carbonyl (C=O) groups is 1. The maximum absolute atomic E-state index is 12.2. The van der Waals surface area contributed by atoms with Crippen LogP contribution in [0.3, 0.4) is 0 Å². The standard InChI is InChI=1S/C21H26N2O3/c1-25-18-8-4-7-17(14-18)19-9-2-3-10-20(19)23-21(24)22-12-5-6-16-11-13-26-15-16/h2-4,7-10,14,16H,5-6,11-13,15H2,1H3,(H2,22,23,24)/t16-/m0/s1. The predicted octanol–water partition coefficient (Wildman–Crippen LogP) is 4.30. The number of methoxy groups -OCH3 is 1. The molecule has 0 radical (unpaired) electrons. The van der Waals surface area contributed by atoms with Crippen LogP contribution >= 0.6 is 0 Å². The summed E-state index contributed by atoms with van der Waals surface area (Å²) in [5, 5.41) is 5.90. The van der Waals surface area contributed by atoms with Gasteiger partial charge in [-0.1, -0.05) is 30.3 Å². The molecule has 2 N–H and O–H groups in total. The van der Waals surface area contributed by atoms with Gasteiger partial charge in [-0.2, -0.15) is 0 Å². The van der Waals surface area contributed by atoms with E-state index in [1.54, 1.807) is 7.11 Å². The van der Waals surface area contributed by atoms with Gasteiger partial charge in [0.15, 0.2) is 0 Å². The molecule has 0 spiro atoms. The molecule has 0 saturated carbocycles. The molecule has 2 aromatic rings. The second-order valence-corrected chi connectivity index (χ2v) is 6.53. The zero-order valence-electron chi connectivity index (χ0n) is 15.2. The van der Waals surface area contributed by atoms with Gasteiger partial charge in [-0.05, 0) is 48.9 Å². The maximum Gasteiger partial charge on any atom is 0.319 e. The summed E-state index contributed by atoms with van der Waals surface area (Å²) in [6.45, 7) is 2.41. The molecule has 0 unspecified atom stereocenters. The highest BCUT2D eigenvalue weighted by Gasteiger charge is 2.15. The number of hydrogen-bond acceptors (Lipinski definition) is 3. The van der Waals surface area contributed by atoms with Crippen molar-refractivity contribution in [1.29, 1.82) is 0 Å². The first-order chi connectivity index (χ1) is 12.8. The van der Waals surface area contributed by atoms with Gasteiger partial charge < -0.3 is 20.1 Å². The van der Waals surface area contributed by atoms with Gasteiger partial charge in [-0.3, -0.25) is 0 Å². The van der Waals surface area contributed by atoms with E-state index >= 15 is 0 Å². The van der Waals surface area contributed by atoms with E-state index in [0.29, 0.717) is 12.5 Å². The summed E-state index contributed by atoms with van der Waals surface area (Å²) in [6, 6.07) is 15.4. The third kappa shape index (κ3) is 4.99. The van der Waals surface area contributed by atoms with Gasteiger partial charge in [0.25, 0.3) is 0 Å². The summed E-state index contributed by atoms with van der Waals surface area (Å²) >= 11 is 0. The van der Waals surface area contributed by atoms with Crippen molar-refractivity contribution in [1.82, 2.24) is 5.32 Å². The van der Waals surface area contributed by atoms with E-state index in [9.17, 15) is 4.79 Å². The first-order valence-electron chi connectivity index (χ1n) is 9.12. The molecule has 1 aliphatic heterocycles. The topological polar surface area (TPSA) is 59.6 Å². The van der Waals surface area contributed by atoms with Gasteiger partial charge in [0.1, 0.15) is 5.75 Å². The van der Waals surface area contributed by atoms with E-state index < -0.39 is 0 Å². The van der Waals surface area contributed by atoms with Crippen LogP contribution in [-0.4, -0.2) is 32.9 Å². The number of ether oxygens (including phenoxy) is 2. The quantitative estimate of drug-likeness (QED) is 0.729. The molecule has 2 aromatic carbocycles. The molecule has 0 bridgehead atoms. The second kappa shape index (κ2) is 9.25. The number of nitrogens with one attached hydrogen (secondary N) is 2. The average Bonchev–Trinajstić information content (AvgIpc) is 3.19. The fraction of sp³-hybridized carbons (Fsp3) is 0.381. The van der Waals surface area contributed by atoms with Gasteiger partial charge in [0.05, 0.1) is 12.8 Å². The molecule has 0 aromatic heterocycles. The van der Waals surface area contributed by atoms with Crippen LogP contribution in [0.15, 0.2) is 48.5 Å². The lowest BCUT2D eigenvalue weighted by Gasteiger charge is -2.13. The highest BCUT2D eigenvalue weighted by Crippen LogP contribution is 2.30. The maximum atomic E-state index is 12.2. The second-order valence-electron chi connectivity index (χ2n) is 6.53. The van der Waals surface area contributed by atoms with E-state index in [0.717, 1.165) is 55.0 Å². The molecular weight excluding hydrogens is 328 g/mol. The Labute approximate surface area is 154 Å². The predicted molar refractivity (Wildman–Crippen MR) is 104 cm³/mol. The van der Waals surface area contributed by atoms with Crippen molar-refractivity contribution in [2.75, 3.05) is 32.2 Å². The van der Waals surface area contributed by atoms with Crippen LogP contribution in [-0.2, 0) is 4.74 Å². The Morgan fingerprint density at radius 2 is 2.12 bits per heavy atom. The molecule has 26 heavy (non-hydrogen) atoms. The van der Waals surface area contributed by atoms with Crippen LogP contribution in [0.4, 0.5) is 10.5 Å². The molecule has 138 valence electrons. The molecule has 1 fully saturated rings. The zero-order chi connectivity index (χ0) is 18.2. The van der Waals surface area contributed by atoms with E-state index in [1.165, 1.54) is 0 Å². The number of para-hydroxylation sites is 1. The lowest BCUT2D eigenvalue weighted by Crippen LogP contribution is -2.30. The molecule has 1 atom stereocenters. The van der Waals surface area contributed by atoms with Crippen molar-refractivity contribution >= 4 is 11.7 Å². The molecule has 5 nitrogen and oxygen atoms in total. The van der Waals surface area contributed by atoms with Gasteiger partial charge >= 0.3 is 6.03 Å². The minimum atomic E-state index is -0.178. The summed E-state index contributed by atoms with van der Waals surface area (Å²) in [5.41, 5.74) is 2.74. The van der Waals surface area contributed by atoms with Gasteiger partial charge in [-0.25, -0.2) is 4.79 Å². The Morgan fingerprint density at radius 1 is 1.23 bits per heavy atom. The molecule has 1 saturated heterocycles. The fourth-order valence-electron chi connectivity index (χ4n) is 3.20. The molecule has 2 amide bonds. The van der Waals surface area contributed by atoms with Crippen molar-refractivity contribution in [2.24, 2.45) is 5.92 Å². The lowest BCUT2D eigenvalue weighted by atomic mass is 10.0. The Balaban J connectivity index is 1.56. The van der Waals surface area contributed by atoms with Crippen molar-refractivity contribution in [3.63, 3.8) is 0 Å². The number of anilines is 1. The third-order valence-electron chi connectivity index (χ3n) is 4.65. The minimum absolute atomic E-state index is 0.178. The van der Waals surface area contributed by atoms with Crippen LogP contribution in [0.2, 0.25) is 0 Å². The minimum Gasteiger partial charge on any atom is -0.497 e. The molecular formula is C21H26N2O3. The van der Waals surface area contributed by atoms with Gasteiger partial charge in [0.2, 0.25) is 0 Å². The Kier molecular flexibility index (Phi) is 6.50. The number of carbonyl (C=O) groups excluding carboxylic acids is 1. The summed E-state index contributed by atoms with van der Waals surface area (Å²) in [7, 11) is 1.65. The van der Waals surface area contributed by atoms with Crippen LogP contribution in [0.1, 0.15) is 19.3 Å². The number of urea groups is 1. The number of rotatable bonds is 7. The summed E-state index contributed by atoms with van der Waals surface area (Å²) < 4.78 is 10.7. The largest absolute Gasteiger partial charge is 0.497 e. The van der Waals surface area contributed by atoms with E-state index in [1.807, 2.05) is 48.5 Å². The van der Waals surface area contributed by atoms with Crippen LogP contribution in [0.25, 0.3) is 11.1 Å². The number of hydrogen-bond donors (Lipinski definition) is 2. The molecule has 1 aliphatic rings. The molecule has 3 rings (SSSR count). The van der Waals surface area contributed by atoms with Crippen LogP contribution in [0, 0.1) is 5.92 Å². The van der Waals surface area contributed by atoms with Gasteiger partial charge in [-0.15, -0.1) is 0 Å². The SMILES string of the molecule is COc1cccc(-c2ccccc2NC(=O)NCCC[C@H]2CCOC2)c1. The normalized spacial score (nSPS) is 16.3. The highest BCUT2D eigenvalue weighted by molar-refractivity contribution is 5.94. The van der Waals surface area contributed by atoms with Crippen molar-refractivity contribution in [3.8, 4) is 16.9 Å². The first-order valence-corrected chi connectivity index (χ1v) is 9.12. The average molecular weight is 354 g/mol. The number of benzene rings is 2. The Hall–Kier alpha value is -2.53. The zero-order valence-corrected chi connectivity index (χ0v) is 15.2. The highest BCUT2D eigenvalue weighted by atomic mass is 16.5.